The van der Waals surface area contributed by atoms with Crippen LogP contribution in [-0.2, 0) is 10.0 Å². The summed E-state index contributed by atoms with van der Waals surface area (Å²) in [5, 5.41) is 14.1. The number of nitro groups is 1. The van der Waals surface area contributed by atoms with Gasteiger partial charge in [0.2, 0.25) is 0 Å². The summed E-state index contributed by atoms with van der Waals surface area (Å²) < 4.78 is 24.1. The molecule has 0 amide bonds. The second kappa shape index (κ2) is 6.76. The molecule has 0 spiro atoms. The predicted octanol–water partition coefficient (Wildman–Crippen LogP) is 2.78. The van der Waals surface area contributed by atoms with Gasteiger partial charge in [0, 0.05) is 17.7 Å². The average Bonchev–Trinajstić information content (AvgIpc) is 2.53. The molecular weight excluding hydrogens is 342 g/mol. The molecule has 9 heteroatoms. The molecule has 7 nitrogen and oxygen atoms in total. The molecule has 0 aliphatic heterocycles. The molecule has 0 saturated carbocycles. The van der Waals surface area contributed by atoms with E-state index >= 15 is 0 Å². The van der Waals surface area contributed by atoms with Gasteiger partial charge in [0.05, 0.1) is 9.82 Å². The Kier molecular flexibility index (Phi) is 4.97. The summed E-state index contributed by atoms with van der Waals surface area (Å²) in [6.45, 7) is 1.83. The fourth-order valence-electron chi connectivity index (χ4n) is 1.68. The van der Waals surface area contributed by atoms with E-state index in [-0.39, 0.29) is 21.3 Å². The van der Waals surface area contributed by atoms with Crippen molar-refractivity contribution in [1.29, 1.82) is 0 Å². The summed E-state index contributed by atoms with van der Waals surface area (Å²) in [7, 11) is -3.86. The Morgan fingerprint density at radius 2 is 1.87 bits per heavy atom. The second-order valence-electron chi connectivity index (χ2n) is 4.62. The van der Waals surface area contributed by atoms with E-state index in [1.54, 1.807) is 12.1 Å². The number of hydrogen-bond acceptors (Lipinski definition) is 5. The van der Waals surface area contributed by atoms with Gasteiger partial charge in [0.25, 0.3) is 15.7 Å². The molecular formula is C14H12ClN3O4S. The highest BCUT2D eigenvalue weighted by molar-refractivity contribution is 7.89. The van der Waals surface area contributed by atoms with Gasteiger partial charge >= 0.3 is 0 Å². The third-order valence-corrected chi connectivity index (χ3v) is 4.42. The van der Waals surface area contributed by atoms with E-state index in [0.717, 1.165) is 5.56 Å². The molecule has 2 aromatic carbocycles. The number of sulfonamides is 1. The largest absolute Gasteiger partial charge is 0.276 e. The lowest BCUT2D eigenvalue weighted by molar-refractivity contribution is -0.384. The minimum atomic E-state index is -3.86. The number of aryl methyl sites for hydroxylation is 1. The zero-order valence-corrected chi connectivity index (χ0v) is 13.5. The summed E-state index contributed by atoms with van der Waals surface area (Å²) >= 11 is 5.90. The molecule has 23 heavy (non-hydrogen) atoms. The number of nitrogens with zero attached hydrogens (tertiary/aromatic N) is 2. The first-order valence-corrected chi connectivity index (χ1v) is 8.22. The Labute approximate surface area is 137 Å². The molecule has 1 N–H and O–H groups in total. The van der Waals surface area contributed by atoms with E-state index in [9.17, 15) is 18.5 Å². The second-order valence-corrected chi connectivity index (χ2v) is 6.64. The predicted molar refractivity (Wildman–Crippen MR) is 87.0 cm³/mol. The van der Waals surface area contributed by atoms with Crippen molar-refractivity contribution in [3.05, 3.63) is 69.8 Å². The summed E-state index contributed by atoms with van der Waals surface area (Å²) in [6.07, 6.45) is 0. The molecule has 0 heterocycles. The lowest BCUT2D eigenvalue weighted by Crippen LogP contribution is -2.19. The quantitative estimate of drug-likeness (QED) is 0.507. The van der Waals surface area contributed by atoms with E-state index in [0.29, 0.717) is 0 Å². The lowest BCUT2D eigenvalue weighted by atomic mass is 10.2. The minimum absolute atomic E-state index is 0.0374. The molecule has 0 atom stereocenters. The lowest BCUT2D eigenvalue weighted by Gasteiger charge is -2.05. The van der Waals surface area contributed by atoms with Crippen LogP contribution in [0.15, 0.2) is 58.5 Å². The topological polar surface area (TPSA) is 102 Å². The highest BCUT2D eigenvalue weighted by Crippen LogP contribution is 2.15. The van der Waals surface area contributed by atoms with Gasteiger partial charge in [-0.3, -0.25) is 10.1 Å². The van der Waals surface area contributed by atoms with Crippen LogP contribution in [0.3, 0.4) is 0 Å². The van der Waals surface area contributed by atoms with E-state index < -0.39 is 14.9 Å². The summed E-state index contributed by atoms with van der Waals surface area (Å²) in [5.74, 6) is 0. The molecule has 0 saturated heterocycles. The van der Waals surface area contributed by atoms with Crippen molar-refractivity contribution in [2.24, 2.45) is 5.10 Å². The Hall–Kier alpha value is -2.45. The molecule has 120 valence electrons. The fraction of sp³-hybridized carbons (Fsp3) is 0.0714. The normalized spacial score (nSPS) is 12.0. The molecule has 0 unspecified atom stereocenters. The average molecular weight is 354 g/mol. The van der Waals surface area contributed by atoms with Gasteiger partial charge in [-0.15, -0.1) is 0 Å². The van der Waals surface area contributed by atoms with Crippen LogP contribution in [-0.4, -0.2) is 18.5 Å². The Bertz CT molecular complexity index is 864. The number of non-ortho nitro benzene ring substituents is 1. The van der Waals surface area contributed by atoms with Crippen molar-refractivity contribution in [3.63, 3.8) is 0 Å². The van der Waals surface area contributed by atoms with Gasteiger partial charge in [0.1, 0.15) is 0 Å². The molecule has 0 bridgehead atoms. The number of hydrazone groups is 1. The van der Waals surface area contributed by atoms with Crippen molar-refractivity contribution in [2.45, 2.75) is 11.8 Å². The highest BCUT2D eigenvalue weighted by atomic mass is 35.5. The van der Waals surface area contributed by atoms with Crippen LogP contribution < -0.4 is 4.83 Å². The zero-order chi connectivity index (χ0) is 17.0. The summed E-state index contributed by atoms with van der Waals surface area (Å²) in [4.78, 5) is 12.2. The molecule has 0 radical (unpaired) electrons. The molecule has 0 aromatic heterocycles. The van der Waals surface area contributed by atoms with Crippen molar-refractivity contribution >= 4 is 32.5 Å². The highest BCUT2D eigenvalue weighted by Gasteiger charge is 2.14. The van der Waals surface area contributed by atoms with Gasteiger partial charge in [0.15, 0.2) is 5.17 Å². The first kappa shape index (κ1) is 16.9. The Morgan fingerprint density at radius 3 is 2.48 bits per heavy atom. The number of benzene rings is 2. The standard InChI is InChI=1S/C14H12ClN3O4S/c1-10-5-7-13(8-6-10)23(21,22)17-16-14(15)11-3-2-4-12(9-11)18(19)20/h2-9,17H,1H3/b16-14-. The van der Waals surface area contributed by atoms with Gasteiger partial charge < -0.3 is 0 Å². The van der Waals surface area contributed by atoms with Gasteiger partial charge in [-0.1, -0.05) is 41.4 Å². The number of hydrogen-bond donors (Lipinski definition) is 1. The first-order valence-electron chi connectivity index (χ1n) is 6.36. The third kappa shape index (κ3) is 4.27. The van der Waals surface area contributed by atoms with Crippen LogP contribution >= 0.6 is 11.6 Å². The smallest absolute Gasteiger partial charge is 0.258 e. The van der Waals surface area contributed by atoms with Crippen molar-refractivity contribution in [3.8, 4) is 0 Å². The van der Waals surface area contributed by atoms with E-state index in [1.165, 1.54) is 36.4 Å². The maximum atomic E-state index is 12.1. The SMILES string of the molecule is Cc1ccc(S(=O)(=O)N/N=C(\Cl)c2cccc([N+](=O)[O-])c2)cc1. The zero-order valence-electron chi connectivity index (χ0n) is 11.9. The van der Waals surface area contributed by atoms with Crippen LogP contribution in [0.2, 0.25) is 0 Å². The minimum Gasteiger partial charge on any atom is -0.258 e. The van der Waals surface area contributed by atoms with E-state index in [1.807, 2.05) is 11.8 Å². The van der Waals surface area contributed by atoms with Crippen LogP contribution in [0.25, 0.3) is 0 Å². The fourth-order valence-corrected chi connectivity index (χ4v) is 2.70. The van der Waals surface area contributed by atoms with Gasteiger partial charge in [-0.05, 0) is 19.1 Å². The third-order valence-electron chi connectivity index (χ3n) is 2.89. The maximum absolute atomic E-state index is 12.1. The molecule has 2 rings (SSSR count). The number of halogens is 1. The molecule has 0 aliphatic rings. The van der Waals surface area contributed by atoms with Gasteiger partial charge in [-0.25, -0.2) is 0 Å². The van der Waals surface area contributed by atoms with E-state index in [4.69, 9.17) is 11.6 Å². The van der Waals surface area contributed by atoms with Crippen LogP contribution in [0.5, 0.6) is 0 Å². The van der Waals surface area contributed by atoms with Crippen LogP contribution in [0.4, 0.5) is 5.69 Å². The monoisotopic (exact) mass is 353 g/mol. The van der Waals surface area contributed by atoms with Gasteiger partial charge in [-0.2, -0.15) is 18.4 Å². The number of nitro benzene ring substituents is 1. The first-order chi connectivity index (χ1) is 10.8. The van der Waals surface area contributed by atoms with E-state index in [2.05, 4.69) is 5.10 Å². The maximum Gasteiger partial charge on any atom is 0.276 e. The Balaban J connectivity index is 2.23. The van der Waals surface area contributed by atoms with Crippen molar-refractivity contribution in [2.75, 3.05) is 0 Å². The van der Waals surface area contributed by atoms with Crippen LogP contribution in [0, 0.1) is 17.0 Å². The van der Waals surface area contributed by atoms with Crippen molar-refractivity contribution in [1.82, 2.24) is 4.83 Å². The molecule has 2 aromatic rings. The summed E-state index contributed by atoms with van der Waals surface area (Å²) in [5.41, 5.74) is 0.979. The number of rotatable bonds is 5. The number of nitrogens with one attached hydrogen (secondary N) is 1. The van der Waals surface area contributed by atoms with Crippen molar-refractivity contribution < 1.29 is 13.3 Å². The Morgan fingerprint density at radius 1 is 1.22 bits per heavy atom. The van der Waals surface area contributed by atoms with Crippen LogP contribution in [0.1, 0.15) is 11.1 Å². The summed E-state index contributed by atoms with van der Waals surface area (Å²) in [6, 6.07) is 11.6. The molecule has 0 fully saturated rings. The molecule has 0 aliphatic carbocycles.